The van der Waals surface area contributed by atoms with Crippen LogP contribution < -0.4 is 24.9 Å². The molecule has 4 heterocycles. The summed E-state index contributed by atoms with van der Waals surface area (Å²) in [6.45, 7) is 20.3. The lowest BCUT2D eigenvalue weighted by Gasteiger charge is -2.45. The number of fused-ring (bicyclic) bond motifs is 4. The summed E-state index contributed by atoms with van der Waals surface area (Å²) in [6.07, 6.45) is 22.8. The van der Waals surface area contributed by atoms with E-state index < -0.39 is 15.4 Å². The fourth-order valence-electron chi connectivity index (χ4n) is 10.2. The minimum atomic E-state index is -3.40. The van der Waals surface area contributed by atoms with Crippen LogP contribution in [0.4, 0.5) is 11.4 Å². The van der Waals surface area contributed by atoms with Gasteiger partial charge in [0.15, 0.2) is 17.0 Å². The van der Waals surface area contributed by atoms with E-state index in [0.717, 1.165) is 77.7 Å². The van der Waals surface area contributed by atoms with Crippen LogP contribution in [0.25, 0.3) is 5.57 Å². The summed E-state index contributed by atoms with van der Waals surface area (Å²) in [5.74, 6) is 1.94. The molecule has 55 heavy (non-hydrogen) atoms. The Labute approximate surface area is 334 Å². The molecule has 0 spiro atoms. The molecule has 304 valence electrons. The van der Waals surface area contributed by atoms with E-state index in [2.05, 4.69) is 102 Å². The first kappa shape index (κ1) is 41.9. The Bertz CT molecular complexity index is 1940. The number of nitrogens with zero attached hydrogens (tertiary/aromatic N) is 4. The smallest absolute Gasteiger partial charge is 0.358 e. The molecule has 2 atom stereocenters. The van der Waals surface area contributed by atoms with Crippen LogP contribution in [0, 0.1) is 0 Å². The van der Waals surface area contributed by atoms with E-state index in [-0.39, 0.29) is 15.0 Å². The summed E-state index contributed by atoms with van der Waals surface area (Å²) in [6, 6.07) is 8.69. The average molecular weight is 775 g/mol. The maximum atomic E-state index is 14.6. The number of quaternary nitrogens is 1. The standard InChI is InChI=1S/C47H74N4O3S/c1-10-13-15-17-19-21-23-25-27-51(28-26-24-22-20-18-16-14-11-2)45(55(51,52)53)38-34-47(7,8)50(12-3)42-32-44-40(30-37(38)42)48-39-29-36-35(4)33-46(5,6)49(9)41(36)31-43(39)54-44/h29-32,34-35,45H,10-28,33H2,1-9H3/q+2. The van der Waals surface area contributed by atoms with Gasteiger partial charge in [0.05, 0.1) is 24.7 Å². The molecule has 1 saturated heterocycles. The highest BCUT2D eigenvalue weighted by molar-refractivity contribution is 7.92. The largest absolute Gasteiger partial charge is 0.452 e. The van der Waals surface area contributed by atoms with Crippen molar-refractivity contribution >= 4 is 27.0 Å². The first-order valence-corrected chi connectivity index (χ1v) is 23.8. The van der Waals surface area contributed by atoms with E-state index >= 15 is 0 Å². The van der Waals surface area contributed by atoms with Crippen LogP contribution in [0.1, 0.15) is 182 Å². The van der Waals surface area contributed by atoms with Gasteiger partial charge < -0.3 is 9.64 Å². The van der Waals surface area contributed by atoms with Crippen molar-refractivity contribution in [2.45, 2.75) is 187 Å². The minimum Gasteiger partial charge on any atom is -0.452 e. The maximum absolute atomic E-state index is 14.6. The Morgan fingerprint density at radius 1 is 0.800 bits per heavy atom. The number of hydrogen-bond donors (Lipinski definition) is 0. The second-order valence-electron chi connectivity index (χ2n) is 18.6. The number of anilines is 1. The third kappa shape index (κ3) is 8.33. The molecule has 0 amide bonds. The van der Waals surface area contributed by atoms with Gasteiger partial charge >= 0.3 is 10.0 Å². The Hall–Kier alpha value is -2.71. The Kier molecular flexibility index (Phi) is 13.0. The number of ether oxygens (including phenoxy) is 1. The van der Waals surface area contributed by atoms with Gasteiger partial charge in [0, 0.05) is 43.8 Å². The quantitative estimate of drug-likeness (QED) is 0.0496. The zero-order chi connectivity index (χ0) is 39.6. The molecular formula is C47H74N4O3S+2. The molecule has 4 aliphatic rings. The molecule has 2 unspecified atom stereocenters. The molecule has 0 bridgehead atoms. The lowest BCUT2D eigenvalue weighted by molar-refractivity contribution is -0.746. The number of likely N-dealkylation sites (N-methyl/N-ethyl adjacent to an activating group) is 1. The van der Waals surface area contributed by atoms with Gasteiger partial charge in [0.25, 0.3) is 5.37 Å². The third-order valence-electron chi connectivity index (χ3n) is 13.6. The van der Waals surface area contributed by atoms with E-state index in [1.165, 1.54) is 88.3 Å². The summed E-state index contributed by atoms with van der Waals surface area (Å²) < 4.78 is 38.6. The number of rotatable bonds is 20. The molecule has 2 aromatic carbocycles. The van der Waals surface area contributed by atoms with Crippen LogP contribution in [-0.2, 0) is 10.0 Å². The predicted molar refractivity (Wildman–Crippen MR) is 231 cm³/mol. The van der Waals surface area contributed by atoms with Crippen molar-refractivity contribution in [3.8, 4) is 11.5 Å². The van der Waals surface area contributed by atoms with E-state index in [1.54, 1.807) is 0 Å². The topological polar surface area (TPSA) is 62.0 Å². The van der Waals surface area contributed by atoms with Gasteiger partial charge in [-0.05, 0) is 82.6 Å². The Morgan fingerprint density at radius 2 is 1.36 bits per heavy atom. The molecule has 4 aliphatic heterocycles. The fourth-order valence-corrected chi connectivity index (χ4v) is 12.8. The molecule has 6 rings (SSSR count). The van der Waals surface area contributed by atoms with Crippen molar-refractivity contribution in [2.24, 2.45) is 4.99 Å². The highest BCUT2D eigenvalue weighted by Gasteiger charge is 2.75. The second kappa shape index (κ2) is 17.0. The number of sulfonamides is 1. The van der Waals surface area contributed by atoms with E-state index in [0.29, 0.717) is 19.0 Å². The van der Waals surface area contributed by atoms with Gasteiger partial charge in [-0.15, -0.1) is 0 Å². The van der Waals surface area contributed by atoms with Crippen molar-refractivity contribution in [2.75, 3.05) is 31.6 Å². The van der Waals surface area contributed by atoms with Crippen LogP contribution in [0.15, 0.2) is 35.3 Å². The molecule has 0 aromatic heterocycles. The van der Waals surface area contributed by atoms with Crippen molar-refractivity contribution in [3.63, 3.8) is 0 Å². The normalized spacial score (nSPS) is 22.1. The van der Waals surface area contributed by atoms with Gasteiger partial charge in [0.2, 0.25) is 5.36 Å². The molecule has 0 aliphatic carbocycles. The minimum absolute atomic E-state index is 0.0543. The van der Waals surface area contributed by atoms with Crippen LogP contribution in [-0.4, -0.2) is 55.4 Å². The summed E-state index contributed by atoms with van der Waals surface area (Å²) in [4.78, 5) is 7.63. The lowest BCUT2D eigenvalue weighted by Crippen LogP contribution is -2.50. The fraction of sp³-hybridized carbons (Fsp3) is 0.702. The second-order valence-corrected chi connectivity index (χ2v) is 20.8. The molecule has 0 radical (unpaired) electrons. The number of unbranched alkanes of at least 4 members (excludes halogenated alkanes) is 14. The van der Waals surface area contributed by atoms with Gasteiger partial charge in [0.1, 0.15) is 17.6 Å². The average Bonchev–Trinajstić information content (AvgIpc) is 3.62. The summed E-state index contributed by atoms with van der Waals surface area (Å²) >= 11 is 0. The summed E-state index contributed by atoms with van der Waals surface area (Å²) in [5, 5.41) is 1.30. The monoisotopic (exact) mass is 775 g/mol. The molecule has 2 aromatic rings. The Balaban J connectivity index is 1.33. The van der Waals surface area contributed by atoms with Gasteiger partial charge in [-0.25, -0.2) is 9.57 Å². The van der Waals surface area contributed by atoms with Crippen molar-refractivity contribution in [1.29, 1.82) is 0 Å². The van der Waals surface area contributed by atoms with Crippen LogP contribution in [0.2, 0.25) is 0 Å². The summed E-state index contributed by atoms with van der Waals surface area (Å²) in [5.41, 5.74) is 5.04. The molecular weight excluding hydrogens is 701 g/mol. The predicted octanol–water partition coefficient (Wildman–Crippen LogP) is 10.9. The SMILES string of the molecule is CCCCCCCCCC[N+]1(CCCCCCCCCC)C(C2=CC(C)(C)[N+](CC)=c3cc4c(cc32)=Nc2cc3c(cc2O4)N(C)C(C)(C)CC3C)S1(=O)=O. The van der Waals surface area contributed by atoms with Gasteiger partial charge in [-0.2, -0.15) is 12.3 Å². The summed E-state index contributed by atoms with van der Waals surface area (Å²) in [7, 11) is -1.22. The molecule has 0 saturated carbocycles. The van der Waals surface area contributed by atoms with Crippen molar-refractivity contribution in [1.82, 2.24) is 4.58 Å². The molecule has 8 heteroatoms. The van der Waals surface area contributed by atoms with Crippen molar-refractivity contribution < 1.29 is 17.0 Å². The first-order valence-electron chi connectivity index (χ1n) is 22.3. The number of benzene rings is 2. The number of hydrogen-bond acceptors (Lipinski definition) is 5. The zero-order valence-electron chi connectivity index (χ0n) is 36.1. The highest BCUT2D eigenvalue weighted by atomic mass is 32.2. The van der Waals surface area contributed by atoms with Crippen LogP contribution in [0.3, 0.4) is 0 Å². The van der Waals surface area contributed by atoms with E-state index in [9.17, 15) is 8.42 Å². The van der Waals surface area contributed by atoms with E-state index in [4.69, 9.17) is 9.73 Å². The van der Waals surface area contributed by atoms with Gasteiger partial charge in [-0.1, -0.05) is 97.8 Å². The van der Waals surface area contributed by atoms with E-state index in [1.807, 2.05) is 0 Å². The molecule has 0 N–H and O–H groups in total. The third-order valence-corrected chi connectivity index (χ3v) is 16.2. The zero-order valence-corrected chi connectivity index (χ0v) is 36.9. The van der Waals surface area contributed by atoms with Gasteiger partial charge in [-0.3, -0.25) is 0 Å². The molecule has 1 fully saturated rings. The Morgan fingerprint density at radius 3 is 1.93 bits per heavy atom. The highest BCUT2D eigenvalue weighted by Crippen LogP contribution is 2.52. The van der Waals surface area contributed by atoms with Crippen molar-refractivity contribution in [3.05, 3.63) is 52.2 Å². The first-order chi connectivity index (χ1) is 26.2. The maximum Gasteiger partial charge on any atom is 0.358 e. The van der Waals surface area contributed by atoms with Crippen LogP contribution in [0.5, 0.6) is 11.5 Å². The lowest BCUT2D eigenvalue weighted by atomic mass is 9.80. The molecule has 7 nitrogen and oxygen atoms in total. The van der Waals surface area contributed by atoms with Crippen LogP contribution >= 0.6 is 0 Å².